The molecule has 2 heterocycles. The van der Waals surface area contributed by atoms with Gasteiger partial charge in [0.1, 0.15) is 23.4 Å². The average Bonchev–Trinajstić information content (AvgIpc) is 3.23. The summed E-state index contributed by atoms with van der Waals surface area (Å²) in [7, 11) is 0. The Morgan fingerprint density at radius 1 is 1.03 bits per heavy atom. The maximum absolute atomic E-state index is 12.3. The van der Waals surface area contributed by atoms with Gasteiger partial charge in [-0.2, -0.15) is 0 Å². The van der Waals surface area contributed by atoms with Gasteiger partial charge in [-0.15, -0.1) is 0 Å². The summed E-state index contributed by atoms with van der Waals surface area (Å²) in [6.07, 6.45) is 3.38. The summed E-state index contributed by atoms with van der Waals surface area (Å²) in [5.74, 6) is 2.29. The maximum atomic E-state index is 12.3. The second kappa shape index (κ2) is 10.3. The zero-order valence-electron chi connectivity index (χ0n) is 18.0. The van der Waals surface area contributed by atoms with E-state index < -0.39 is 0 Å². The van der Waals surface area contributed by atoms with Gasteiger partial charge in [0.15, 0.2) is 0 Å². The number of nitrogens with zero attached hydrogens (tertiary/aromatic N) is 1. The van der Waals surface area contributed by atoms with Gasteiger partial charge in [0.2, 0.25) is 0 Å². The molecule has 2 aromatic carbocycles. The normalized spacial score (nSPS) is 15.0. The van der Waals surface area contributed by atoms with E-state index in [2.05, 4.69) is 40.5 Å². The first-order valence-electron chi connectivity index (χ1n) is 11.0. The highest BCUT2D eigenvalue weighted by Crippen LogP contribution is 2.20. The number of hydrogen-bond acceptors (Lipinski definition) is 4. The minimum Gasteiger partial charge on any atom is -0.490 e. The lowest BCUT2D eigenvalue weighted by Gasteiger charge is -2.32. The maximum Gasteiger partial charge on any atom is 0.251 e. The Balaban J connectivity index is 1.19. The molecule has 0 spiro atoms. The van der Waals surface area contributed by atoms with Crippen molar-refractivity contribution in [2.24, 2.45) is 0 Å². The van der Waals surface area contributed by atoms with Gasteiger partial charge in [-0.25, -0.2) is 0 Å². The summed E-state index contributed by atoms with van der Waals surface area (Å²) in [6.45, 7) is 5.49. The number of furan rings is 1. The van der Waals surface area contributed by atoms with Crippen LogP contribution in [0.5, 0.6) is 5.75 Å². The number of amides is 1. The predicted octanol–water partition coefficient (Wildman–Crippen LogP) is 4.60. The van der Waals surface area contributed by atoms with Crippen LogP contribution >= 0.6 is 0 Å². The smallest absolute Gasteiger partial charge is 0.251 e. The van der Waals surface area contributed by atoms with Crippen LogP contribution in [0.15, 0.2) is 71.1 Å². The van der Waals surface area contributed by atoms with Crippen molar-refractivity contribution in [3.8, 4) is 5.75 Å². The Kier molecular flexibility index (Phi) is 7.05. The average molecular weight is 419 g/mol. The SMILES string of the molecule is Cc1ccc(CNC(=O)c2ccc(OC3CCN(CCc4ccccc4)CC3)cc2)o1. The molecule has 1 saturated heterocycles. The van der Waals surface area contributed by atoms with Crippen molar-refractivity contribution in [3.63, 3.8) is 0 Å². The van der Waals surface area contributed by atoms with E-state index in [4.69, 9.17) is 9.15 Å². The molecule has 4 rings (SSSR count). The van der Waals surface area contributed by atoms with E-state index in [9.17, 15) is 4.79 Å². The first-order valence-corrected chi connectivity index (χ1v) is 11.0. The molecule has 1 fully saturated rings. The van der Waals surface area contributed by atoms with Crippen LogP contribution in [0.3, 0.4) is 0 Å². The summed E-state index contributed by atoms with van der Waals surface area (Å²) >= 11 is 0. The second-order valence-electron chi connectivity index (χ2n) is 8.11. The number of hydrogen-bond donors (Lipinski definition) is 1. The Hall–Kier alpha value is -3.05. The molecule has 0 saturated carbocycles. The molecule has 0 bridgehead atoms. The van der Waals surface area contributed by atoms with Gasteiger partial charge < -0.3 is 19.4 Å². The van der Waals surface area contributed by atoms with Gasteiger partial charge >= 0.3 is 0 Å². The van der Waals surface area contributed by atoms with E-state index >= 15 is 0 Å². The number of carbonyl (C=O) groups is 1. The number of aryl methyl sites for hydroxylation is 1. The predicted molar refractivity (Wildman–Crippen MR) is 121 cm³/mol. The van der Waals surface area contributed by atoms with Gasteiger partial charge in [0.25, 0.3) is 5.91 Å². The fourth-order valence-corrected chi connectivity index (χ4v) is 3.91. The Labute approximate surface area is 184 Å². The molecule has 1 amide bonds. The number of likely N-dealkylation sites (tertiary alicyclic amines) is 1. The zero-order valence-corrected chi connectivity index (χ0v) is 18.0. The van der Waals surface area contributed by atoms with E-state index in [0.29, 0.717) is 12.1 Å². The summed E-state index contributed by atoms with van der Waals surface area (Å²) in [6, 6.07) is 21.8. The molecule has 31 heavy (non-hydrogen) atoms. The number of ether oxygens (including phenoxy) is 1. The molecule has 1 aliphatic heterocycles. The molecule has 1 aliphatic rings. The Morgan fingerprint density at radius 2 is 1.77 bits per heavy atom. The fraction of sp³-hybridized carbons (Fsp3) is 0.346. The molecule has 162 valence electrons. The van der Waals surface area contributed by atoms with Crippen LogP contribution in [0.4, 0.5) is 0 Å². The lowest BCUT2D eigenvalue weighted by molar-refractivity contribution is 0.0947. The second-order valence-corrected chi connectivity index (χ2v) is 8.11. The molecule has 0 aliphatic carbocycles. The highest BCUT2D eigenvalue weighted by Gasteiger charge is 2.20. The molecule has 5 heteroatoms. The number of benzene rings is 2. The third-order valence-corrected chi connectivity index (χ3v) is 5.73. The van der Waals surface area contributed by atoms with E-state index in [1.54, 1.807) is 0 Å². The number of nitrogens with one attached hydrogen (secondary N) is 1. The van der Waals surface area contributed by atoms with Crippen LogP contribution < -0.4 is 10.1 Å². The van der Waals surface area contributed by atoms with Crippen molar-refractivity contribution in [2.45, 2.75) is 38.8 Å². The summed E-state index contributed by atoms with van der Waals surface area (Å²) in [5.41, 5.74) is 2.01. The van der Waals surface area contributed by atoms with Crippen molar-refractivity contribution < 1.29 is 13.9 Å². The topological polar surface area (TPSA) is 54.7 Å². The van der Waals surface area contributed by atoms with Crippen LogP contribution in [0, 0.1) is 6.92 Å². The third kappa shape index (κ3) is 6.22. The molecule has 5 nitrogen and oxygen atoms in total. The van der Waals surface area contributed by atoms with Crippen LogP contribution in [0.1, 0.15) is 40.3 Å². The number of carbonyl (C=O) groups excluding carboxylic acids is 1. The highest BCUT2D eigenvalue weighted by atomic mass is 16.5. The molecule has 1 N–H and O–H groups in total. The van der Waals surface area contributed by atoms with Gasteiger partial charge in [-0.3, -0.25) is 4.79 Å². The molecular formula is C26H30N2O3. The standard InChI is InChI=1S/C26H30N2O3/c1-20-7-10-25(30-20)19-27-26(29)22-8-11-23(12-9-22)31-24-14-17-28(18-15-24)16-13-21-5-3-2-4-6-21/h2-12,24H,13-19H2,1H3,(H,27,29). The van der Waals surface area contributed by atoms with Crippen LogP contribution in [0.25, 0.3) is 0 Å². The van der Waals surface area contributed by atoms with E-state index in [-0.39, 0.29) is 12.0 Å². The minimum atomic E-state index is -0.118. The van der Waals surface area contributed by atoms with Crippen molar-refractivity contribution in [1.82, 2.24) is 10.2 Å². The van der Waals surface area contributed by atoms with Gasteiger partial charge in [-0.1, -0.05) is 30.3 Å². The highest BCUT2D eigenvalue weighted by molar-refractivity contribution is 5.94. The molecule has 1 aromatic heterocycles. The largest absolute Gasteiger partial charge is 0.490 e. The first kappa shape index (κ1) is 21.2. The van der Waals surface area contributed by atoms with Crippen molar-refractivity contribution in [2.75, 3.05) is 19.6 Å². The molecule has 3 aromatic rings. The number of piperidine rings is 1. The van der Waals surface area contributed by atoms with E-state index in [0.717, 1.165) is 56.2 Å². The molecule has 0 unspecified atom stereocenters. The van der Waals surface area contributed by atoms with Crippen molar-refractivity contribution in [1.29, 1.82) is 0 Å². The minimum absolute atomic E-state index is 0.118. The van der Waals surface area contributed by atoms with Crippen LogP contribution in [-0.2, 0) is 13.0 Å². The Morgan fingerprint density at radius 3 is 2.45 bits per heavy atom. The van der Waals surface area contributed by atoms with Gasteiger partial charge in [0.05, 0.1) is 6.54 Å². The fourth-order valence-electron chi connectivity index (χ4n) is 3.91. The zero-order chi connectivity index (χ0) is 21.5. The summed E-state index contributed by atoms with van der Waals surface area (Å²) < 4.78 is 11.6. The van der Waals surface area contributed by atoms with Crippen molar-refractivity contribution in [3.05, 3.63) is 89.4 Å². The quantitative estimate of drug-likeness (QED) is 0.581. The molecular weight excluding hydrogens is 388 g/mol. The van der Waals surface area contributed by atoms with E-state index in [1.165, 1.54) is 5.56 Å². The summed E-state index contributed by atoms with van der Waals surface area (Å²) in [5, 5.41) is 2.88. The third-order valence-electron chi connectivity index (χ3n) is 5.73. The molecule has 0 atom stereocenters. The van der Waals surface area contributed by atoms with Crippen molar-refractivity contribution >= 4 is 5.91 Å². The molecule has 0 radical (unpaired) electrons. The summed E-state index contributed by atoms with van der Waals surface area (Å²) in [4.78, 5) is 14.8. The number of rotatable bonds is 8. The van der Waals surface area contributed by atoms with Gasteiger partial charge in [0, 0.05) is 25.2 Å². The van der Waals surface area contributed by atoms with Crippen LogP contribution in [-0.4, -0.2) is 36.5 Å². The Bertz CT molecular complexity index is 958. The van der Waals surface area contributed by atoms with E-state index in [1.807, 2.05) is 43.3 Å². The monoisotopic (exact) mass is 418 g/mol. The van der Waals surface area contributed by atoms with Gasteiger partial charge in [-0.05, 0) is 68.1 Å². The lowest BCUT2D eigenvalue weighted by atomic mass is 10.1. The first-order chi connectivity index (χ1) is 15.2. The lowest BCUT2D eigenvalue weighted by Crippen LogP contribution is -2.39. The van der Waals surface area contributed by atoms with Crippen LogP contribution in [0.2, 0.25) is 0 Å².